The highest BCUT2D eigenvalue weighted by atomic mass is 79.9. The second-order valence-electron chi connectivity index (χ2n) is 4.19. The zero-order valence-electron chi connectivity index (χ0n) is 9.04. The fourth-order valence-electron chi connectivity index (χ4n) is 1.98. The molecule has 2 nitrogen and oxygen atoms in total. The number of aliphatic hydroxyl groups is 1. The molecule has 0 saturated carbocycles. The van der Waals surface area contributed by atoms with E-state index >= 15 is 0 Å². The van der Waals surface area contributed by atoms with Gasteiger partial charge in [-0.25, -0.2) is 4.39 Å². The summed E-state index contributed by atoms with van der Waals surface area (Å²) in [5.41, 5.74) is 1.51. The molecule has 16 heavy (non-hydrogen) atoms. The minimum atomic E-state index is -0.391. The maximum absolute atomic E-state index is 13.9. The Labute approximate surface area is 103 Å². The van der Waals surface area contributed by atoms with Crippen molar-refractivity contribution in [2.45, 2.75) is 32.0 Å². The van der Waals surface area contributed by atoms with Crippen LogP contribution in [0.25, 0.3) is 0 Å². The average Bonchev–Trinajstić information content (AvgIpc) is 2.23. The molecular formula is C12H14BrFO2. The molecular weight excluding hydrogens is 275 g/mol. The Morgan fingerprint density at radius 1 is 1.50 bits per heavy atom. The van der Waals surface area contributed by atoms with Crippen molar-refractivity contribution in [3.8, 4) is 0 Å². The highest BCUT2D eigenvalue weighted by Gasteiger charge is 2.25. The van der Waals surface area contributed by atoms with E-state index in [-0.39, 0.29) is 11.9 Å². The summed E-state index contributed by atoms with van der Waals surface area (Å²) in [7, 11) is 0. The third-order valence-corrected chi connectivity index (χ3v) is 3.38. The van der Waals surface area contributed by atoms with Gasteiger partial charge >= 0.3 is 0 Å². The summed E-state index contributed by atoms with van der Waals surface area (Å²) in [6.07, 6.45) is 0.371. The first-order chi connectivity index (χ1) is 7.58. The standard InChI is InChI=1S/C12H14BrFO2/c1-7-4-9(12(14)10(13)5-7)11-6-8(15)2-3-16-11/h4-5,8,11,15H,2-3,6H2,1H3. The largest absolute Gasteiger partial charge is 0.393 e. The highest BCUT2D eigenvalue weighted by molar-refractivity contribution is 9.10. The van der Waals surface area contributed by atoms with Crippen LogP contribution in [0.15, 0.2) is 16.6 Å². The first-order valence-electron chi connectivity index (χ1n) is 5.33. The van der Waals surface area contributed by atoms with Crippen LogP contribution in [0, 0.1) is 12.7 Å². The molecule has 0 spiro atoms. The van der Waals surface area contributed by atoms with Gasteiger partial charge in [0, 0.05) is 18.6 Å². The summed E-state index contributed by atoms with van der Waals surface area (Å²) < 4.78 is 19.8. The van der Waals surface area contributed by atoms with Crippen LogP contribution >= 0.6 is 15.9 Å². The lowest BCUT2D eigenvalue weighted by atomic mass is 9.98. The van der Waals surface area contributed by atoms with E-state index in [2.05, 4.69) is 15.9 Å². The Bertz CT molecular complexity index is 395. The van der Waals surface area contributed by atoms with Gasteiger partial charge in [-0.15, -0.1) is 0 Å². The maximum Gasteiger partial charge on any atom is 0.143 e. The zero-order chi connectivity index (χ0) is 11.7. The minimum absolute atomic E-state index is 0.287. The summed E-state index contributed by atoms with van der Waals surface area (Å²) in [4.78, 5) is 0. The summed E-state index contributed by atoms with van der Waals surface area (Å²) in [6.45, 7) is 2.39. The summed E-state index contributed by atoms with van der Waals surface area (Å²) in [5, 5.41) is 9.56. The monoisotopic (exact) mass is 288 g/mol. The Balaban J connectivity index is 2.32. The Hall–Kier alpha value is -0.450. The van der Waals surface area contributed by atoms with Crippen LogP contribution in [0.3, 0.4) is 0 Å². The van der Waals surface area contributed by atoms with Gasteiger partial charge in [0.15, 0.2) is 0 Å². The molecule has 2 atom stereocenters. The maximum atomic E-state index is 13.9. The summed E-state index contributed by atoms with van der Waals surface area (Å²) in [5.74, 6) is -0.287. The van der Waals surface area contributed by atoms with Crippen LogP contribution in [0.1, 0.15) is 30.1 Å². The molecule has 1 N–H and O–H groups in total. The second-order valence-corrected chi connectivity index (χ2v) is 5.04. The molecule has 1 fully saturated rings. The minimum Gasteiger partial charge on any atom is -0.393 e. The van der Waals surface area contributed by atoms with Gasteiger partial charge in [0.05, 0.1) is 16.7 Å². The highest BCUT2D eigenvalue weighted by Crippen LogP contribution is 2.33. The molecule has 1 heterocycles. The third-order valence-electron chi connectivity index (χ3n) is 2.80. The molecule has 2 unspecified atom stereocenters. The molecule has 0 aromatic heterocycles. The van der Waals surface area contributed by atoms with Crippen molar-refractivity contribution in [1.82, 2.24) is 0 Å². The molecule has 1 aliphatic rings. The number of aryl methyl sites for hydroxylation is 1. The molecule has 1 aromatic carbocycles. The third kappa shape index (κ3) is 2.44. The Morgan fingerprint density at radius 2 is 2.25 bits per heavy atom. The number of benzene rings is 1. The SMILES string of the molecule is Cc1cc(Br)c(F)c(C2CC(O)CCO2)c1. The normalized spacial score (nSPS) is 25.8. The number of rotatable bonds is 1. The summed E-state index contributed by atoms with van der Waals surface area (Å²) >= 11 is 3.19. The van der Waals surface area contributed by atoms with Crippen LogP contribution in [-0.2, 0) is 4.74 Å². The van der Waals surface area contributed by atoms with Gasteiger partial charge in [-0.05, 0) is 40.9 Å². The zero-order valence-corrected chi connectivity index (χ0v) is 10.6. The van der Waals surface area contributed by atoms with Gasteiger partial charge < -0.3 is 9.84 Å². The van der Waals surface area contributed by atoms with E-state index in [4.69, 9.17) is 4.74 Å². The second kappa shape index (κ2) is 4.82. The van der Waals surface area contributed by atoms with E-state index < -0.39 is 6.10 Å². The number of hydrogen-bond donors (Lipinski definition) is 1. The molecule has 1 saturated heterocycles. The molecule has 1 aliphatic heterocycles. The first-order valence-corrected chi connectivity index (χ1v) is 6.12. The Morgan fingerprint density at radius 3 is 2.94 bits per heavy atom. The number of aliphatic hydroxyl groups excluding tert-OH is 1. The van der Waals surface area contributed by atoms with Crippen LogP contribution in [0.4, 0.5) is 4.39 Å². The molecule has 1 aromatic rings. The number of halogens is 2. The van der Waals surface area contributed by atoms with E-state index in [0.717, 1.165) is 5.56 Å². The van der Waals surface area contributed by atoms with Crippen LogP contribution < -0.4 is 0 Å². The lowest BCUT2D eigenvalue weighted by molar-refractivity contribution is -0.0462. The molecule has 0 bridgehead atoms. The van der Waals surface area contributed by atoms with Gasteiger partial charge in [0.2, 0.25) is 0 Å². The topological polar surface area (TPSA) is 29.5 Å². The lowest BCUT2D eigenvalue weighted by Gasteiger charge is -2.27. The smallest absolute Gasteiger partial charge is 0.143 e. The predicted molar refractivity (Wildman–Crippen MR) is 62.8 cm³/mol. The van der Waals surface area contributed by atoms with E-state index in [9.17, 15) is 9.50 Å². The van der Waals surface area contributed by atoms with E-state index in [1.165, 1.54) is 0 Å². The first kappa shape index (κ1) is 12.0. The lowest BCUT2D eigenvalue weighted by Crippen LogP contribution is -2.24. The Kier molecular flexibility index (Phi) is 3.62. The van der Waals surface area contributed by atoms with E-state index in [1.54, 1.807) is 12.1 Å². The fourth-order valence-corrected chi connectivity index (χ4v) is 2.57. The molecule has 2 rings (SSSR count). The predicted octanol–water partition coefficient (Wildman–Crippen LogP) is 3.11. The molecule has 4 heteroatoms. The molecule has 0 amide bonds. The van der Waals surface area contributed by atoms with Gasteiger partial charge in [-0.1, -0.05) is 6.07 Å². The van der Waals surface area contributed by atoms with Crippen molar-refractivity contribution in [3.63, 3.8) is 0 Å². The van der Waals surface area contributed by atoms with Crippen LogP contribution in [0.5, 0.6) is 0 Å². The number of hydrogen-bond acceptors (Lipinski definition) is 2. The van der Waals surface area contributed by atoms with Crippen molar-refractivity contribution >= 4 is 15.9 Å². The van der Waals surface area contributed by atoms with Gasteiger partial charge in [-0.2, -0.15) is 0 Å². The molecule has 0 aliphatic carbocycles. The van der Waals surface area contributed by atoms with Gasteiger partial charge in [-0.3, -0.25) is 0 Å². The molecule has 88 valence electrons. The van der Waals surface area contributed by atoms with Gasteiger partial charge in [0.1, 0.15) is 5.82 Å². The quantitative estimate of drug-likeness (QED) is 0.860. The van der Waals surface area contributed by atoms with Crippen molar-refractivity contribution in [2.24, 2.45) is 0 Å². The van der Waals surface area contributed by atoms with Gasteiger partial charge in [0.25, 0.3) is 0 Å². The summed E-state index contributed by atoms with van der Waals surface area (Å²) in [6, 6.07) is 3.51. The average molecular weight is 289 g/mol. The van der Waals surface area contributed by atoms with Crippen molar-refractivity contribution < 1.29 is 14.2 Å². The van der Waals surface area contributed by atoms with Crippen molar-refractivity contribution in [1.29, 1.82) is 0 Å². The van der Waals surface area contributed by atoms with E-state index in [0.29, 0.717) is 29.5 Å². The van der Waals surface area contributed by atoms with Crippen molar-refractivity contribution in [3.05, 3.63) is 33.5 Å². The van der Waals surface area contributed by atoms with Crippen molar-refractivity contribution in [2.75, 3.05) is 6.61 Å². The van der Waals surface area contributed by atoms with E-state index in [1.807, 2.05) is 6.92 Å². The van der Waals surface area contributed by atoms with Crippen LogP contribution in [-0.4, -0.2) is 17.8 Å². The number of ether oxygens (including phenoxy) is 1. The van der Waals surface area contributed by atoms with Crippen LogP contribution in [0.2, 0.25) is 0 Å². The molecule has 0 radical (unpaired) electrons. The fraction of sp³-hybridized carbons (Fsp3) is 0.500.